The number of benzene rings is 2. The summed E-state index contributed by atoms with van der Waals surface area (Å²) in [4.78, 5) is 2.37. The number of aliphatic hydroxyl groups is 1. The fraction of sp³-hybridized carbons (Fsp3) is 0.333. The highest BCUT2D eigenvalue weighted by atomic mass is 16.3. The maximum Gasteiger partial charge on any atom is 0.0529 e. The van der Waals surface area contributed by atoms with Crippen LogP contribution >= 0.6 is 0 Å². The number of hydrogen-bond donors (Lipinski definition) is 1. The van der Waals surface area contributed by atoms with E-state index in [0.29, 0.717) is 0 Å². The first-order valence-electron chi connectivity index (χ1n) is 7.37. The summed E-state index contributed by atoms with van der Waals surface area (Å²) in [5.74, 6) is 0. The van der Waals surface area contributed by atoms with Crippen LogP contribution in [0, 0.1) is 0 Å². The van der Waals surface area contributed by atoms with E-state index in [2.05, 4.69) is 53.4 Å². The van der Waals surface area contributed by atoms with Crippen molar-refractivity contribution in [2.75, 3.05) is 11.4 Å². The van der Waals surface area contributed by atoms with E-state index in [9.17, 15) is 5.11 Å². The average molecular weight is 267 g/mol. The zero-order chi connectivity index (χ0) is 13.9. The molecule has 0 spiro atoms. The van der Waals surface area contributed by atoms with Gasteiger partial charge in [-0.1, -0.05) is 36.4 Å². The molecule has 1 heterocycles. The van der Waals surface area contributed by atoms with E-state index in [-0.39, 0.29) is 6.10 Å². The minimum absolute atomic E-state index is 0.266. The SMILES string of the molecule is CC(O)CCN1c2ccccc2CCc2ccccc21. The molecule has 2 aromatic rings. The molecule has 0 radical (unpaired) electrons. The summed E-state index contributed by atoms with van der Waals surface area (Å²) >= 11 is 0. The Balaban J connectivity index is 2.04. The van der Waals surface area contributed by atoms with Crippen molar-refractivity contribution in [2.24, 2.45) is 0 Å². The van der Waals surface area contributed by atoms with Crippen molar-refractivity contribution in [3.8, 4) is 0 Å². The number of aliphatic hydroxyl groups excluding tert-OH is 1. The summed E-state index contributed by atoms with van der Waals surface area (Å²) in [6.45, 7) is 2.71. The van der Waals surface area contributed by atoms with Crippen LogP contribution in [0.4, 0.5) is 11.4 Å². The number of nitrogens with zero attached hydrogens (tertiary/aromatic N) is 1. The van der Waals surface area contributed by atoms with Crippen LogP contribution in [0.25, 0.3) is 0 Å². The Hall–Kier alpha value is -1.80. The maximum absolute atomic E-state index is 9.62. The Morgan fingerprint density at radius 3 is 1.95 bits per heavy atom. The topological polar surface area (TPSA) is 23.5 Å². The maximum atomic E-state index is 9.62. The molecule has 1 aliphatic heterocycles. The summed E-state index contributed by atoms with van der Waals surface area (Å²) in [7, 11) is 0. The number of anilines is 2. The van der Waals surface area contributed by atoms with Crippen LogP contribution in [0.15, 0.2) is 48.5 Å². The molecule has 3 rings (SSSR count). The molecule has 0 aromatic heterocycles. The van der Waals surface area contributed by atoms with Gasteiger partial charge in [0.25, 0.3) is 0 Å². The predicted molar refractivity (Wildman–Crippen MR) is 83.6 cm³/mol. The first kappa shape index (κ1) is 13.2. The van der Waals surface area contributed by atoms with Crippen LogP contribution in [0.1, 0.15) is 24.5 Å². The molecule has 0 amide bonds. The van der Waals surface area contributed by atoms with Crippen LogP contribution in [0.5, 0.6) is 0 Å². The van der Waals surface area contributed by atoms with Gasteiger partial charge in [0.2, 0.25) is 0 Å². The van der Waals surface area contributed by atoms with Crippen LogP contribution in [0.3, 0.4) is 0 Å². The summed E-state index contributed by atoms with van der Waals surface area (Å²) in [6.07, 6.45) is 2.68. The van der Waals surface area contributed by atoms with Gasteiger partial charge in [0, 0.05) is 17.9 Å². The first-order chi connectivity index (χ1) is 9.75. The monoisotopic (exact) mass is 267 g/mol. The number of hydrogen-bond acceptors (Lipinski definition) is 2. The molecule has 1 aliphatic rings. The van der Waals surface area contributed by atoms with Gasteiger partial charge in [-0.3, -0.25) is 0 Å². The summed E-state index contributed by atoms with van der Waals surface area (Å²) in [6, 6.07) is 17.2. The Morgan fingerprint density at radius 2 is 1.45 bits per heavy atom. The average Bonchev–Trinajstić information content (AvgIpc) is 2.62. The van der Waals surface area contributed by atoms with Gasteiger partial charge in [0.05, 0.1) is 6.10 Å². The second-order valence-corrected chi connectivity index (χ2v) is 5.55. The van der Waals surface area contributed by atoms with Gasteiger partial charge < -0.3 is 10.0 Å². The van der Waals surface area contributed by atoms with Crippen molar-refractivity contribution in [3.63, 3.8) is 0 Å². The van der Waals surface area contributed by atoms with Crippen molar-refractivity contribution in [2.45, 2.75) is 32.3 Å². The molecule has 104 valence electrons. The second-order valence-electron chi connectivity index (χ2n) is 5.55. The lowest BCUT2D eigenvalue weighted by molar-refractivity contribution is 0.187. The molecule has 1 atom stereocenters. The molecule has 0 saturated carbocycles. The molecule has 0 bridgehead atoms. The van der Waals surface area contributed by atoms with Crippen molar-refractivity contribution >= 4 is 11.4 Å². The normalized spacial score (nSPS) is 15.2. The predicted octanol–water partition coefficient (Wildman–Crippen LogP) is 3.69. The molecule has 1 N–H and O–H groups in total. The fourth-order valence-electron chi connectivity index (χ4n) is 2.93. The van der Waals surface area contributed by atoms with Gasteiger partial charge in [0.1, 0.15) is 0 Å². The molecule has 20 heavy (non-hydrogen) atoms. The van der Waals surface area contributed by atoms with Crippen LogP contribution in [-0.2, 0) is 12.8 Å². The van der Waals surface area contributed by atoms with Crippen molar-refractivity contribution in [1.29, 1.82) is 0 Å². The molecule has 1 unspecified atom stereocenters. The molecular weight excluding hydrogens is 246 g/mol. The van der Waals surface area contributed by atoms with Gasteiger partial charge in [0.15, 0.2) is 0 Å². The fourth-order valence-corrected chi connectivity index (χ4v) is 2.93. The van der Waals surface area contributed by atoms with E-state index < -0.39 is 0 Å². The van der Waals surface area contributed by atoms with Gasteiger partial charge in [-0.05, 0) is 49.4 Å². The third kappa shape index (κ3) is 2.56. The summed E-state index contributed by atoms with van der Waals surface area (Å²) < 4.78 is 0. The van der Waals surface area contributed by atoms with E-state index in [0.717, 1.165) is 25.8 Å². The van der Waals surface area contributed by atoms with E-state index in [1.165, 1.54) is 22.5 Å². The molecule has 0 fully saturated rings. The lowest BCUT2D eigenvalue weighted by Gasteiger charge is -2.27. The zero-order valence-electron chi connectivity index (χ0n) is 11.9. The molecule has 0 aliphatic carbocycles. The van der Waals surface area contributed by atoms with Crippen molar-refractivity contribution in [1.82, 2.24) is 0 Å². The van der Waals surface area contributed by atoms with Crippen molar-refractivity contribution < 1.29 is 5.11 Å². The Labute approximate surface area is 120 Å². The molecule has 0 saturated heterocycles. The van der Waals surface area contributed by atoms with Crippen LogP contribution < -0.4 is 4.90 Å². The Morgan fingerprint density at radius 1 is 0.950 bits per heavy atom. The number of para-hydroxylation sites is 2. The number of aryl methyl sites for hydroxylation is 2. The lowest BCUT2D eigenvalue weighted by atomic mass is 10.0. The molecular formula is C18H21NO. The molecule has 2 heteroatoms. The minimum atomic E-state index is -0.266. The summed E-state index contributed by atoms with van der Waals surface area (Å²) in [5.41, 5.74) is 5.37. The molecule has 2 nitrogen and oxygen atoms in total. The molecule has 2 aromatic carbocycles. The summed E-state index contributed by atoms with van der Waals surface area (Å²) in [5, 5.41) is 9.62. The first-order valence-corrected chi connectivity index (χ1v) is 7.37. The Kier molecular flexibility index (Phi) is 3.75. The standard InChI is InChI=1S/C18H21NO/c1-14(20)12-13-19-17-8-4-2-6-15(17)10-11-16-7-3-5-9-18(16)19/h2-9,14,20H,10-13H2,1H3. The van der Waals surface area contributed by atoms with E-state index in [1.54, 1.807) is 0 Å². The third-order valence-electron chi connectivity index (χ3n) is 4.00. The van der Waals surface area contributed by atoms with Crippen LogP contribution in [0.2, 0.25) is 0 Å². The van der Waals surface area contributed by atoms with Crippen molar-refractivity contribution in [3.05, 3.63) is 59.7 Å². The smallest absolute Gasteiger partial charge is 0.0529 e. The zero-order valence-corrected chi connectivity index (χ0v) is 11.9. The van der Waals surface area contributed by atoms with Gasteiger partial charge in [-0.15, -0.1) is 0 Å². The van der Waals surface area contributed by atoms with Gasteiger partial charge in [-0.25, -0.2) is 0 Å². The van der Waals surface area contributed by atoms with Crippen LogP contribution in [-0.4, -0.2) is 17.8 Å². The largest absolute Gasteiger partial charge is 0.393 e. The highest BCUT2D eigenvalue weighted by Gasteiger charge is 2.19. The highest BCUT2D eigenvalue weighted by molar-refractivity contribution is 5.71. The Bertz CT molecular complexity index is 544. The van der Waals surface area contributed by atoms with E-state index in [4.69, 9.17) is 0 Å². The highest BCUT2D eigenvalue weighted by Crippen LogP contribution is 2.35. The quantitative estimate of drug-likeness (QED) is 0.916. The van der Waals surface area contributed by atoms with Gasteiger partial charge >= 0.3 is 0 Å². The van der Waals surface area contributed by atoms with Gasteiger partial charge in [-0.2, -0.15) is 0 Å². The minimum Gasteiger partial charge on any atom is -0.393 e. The second kappa shape index (κ2) is 5.68. The number of fused-ring (bicyclic) bond motifs is 2. The lowest BCUT2D eigenvalue weighted by Crippen LogP contribution is -2.22. The third-order valence-corrected chi connectivity index (χ3v) is 4.00. The van der Waals surface area contributed by atoms with E-state index >= 15 is 0 Å². The number of rotatable bonds is 3. The van der Waals surface area contributed by atoms with E-state index in [1.807, 2.05) is 6.92 Å².